The third-order valence-electron chi connectivity index (χ3n) is 3.25. The maximum absolute atomic E-state index is 13.8. The minimum atomic E-state index is -4.77. The summed E-state index contributed by atoms with van der Waals surface area (Å²) in [5, 5.41) is 3.82. The topological polar surface area (TPSA) is 72.3 Å². The van der Waals surface area contributed by atoms with Crippen LogP contribution in [0.1, 0.15) is 5.56 Å². The first-order valence-electron chi connectivity index (χ1n) is 7.60. The molecule has 2 aromatic carbocycles. The van der Waals surface area contributed by atoms with Crippen molar-refractivity contribution in [3.63, 3.8) is 0 Å². The summed E-state index contributed by atoms with van der Waals surface area (Å²) >= 11 is 0. The highest BCUT2D eigenvalue weighted by Gasteiger charge is 2.30. The zero-order valence-corrected chi connectivity index (χ0v) is 13.8. The first kappa shape index (κ1) is 19.1. The molecule has 0 bridgehead atoms. The minimum absolute atomic E-state index is 0.0825. The number of hydrogen-bond donors (Lipinski definition) is 1. The van der Waals surface area contributed by atoms with Crippen molar-refractivity contribution in [2.75, 3.05) is 5.43 Å². The molecule has 1 aromatic heterocycles. The molecular weight excluding hydrogens is 385 g/mol. The first-order valence-corrected chi connectivity index (χ1v) is 7.60. The number of benzene rings is 2. The predicted octanol–water partition coefficient (Wildman–Crippen LogP) is 4.16. The number of ether oxygens (including phenoxy) is 1. The summed E-state index contributed by atoms with van der Waals surface area (Å²) in [5.74, 6) is -2.34. The molecule has 0 amide bonds. The molecule has 6 nitrogen and oxygen atoms in total. The van der Waals surface area contributed by atoms with Crippen molar-refractivity contribution >= 4 is 12.2 Å². The Balaban J connectivity index is 1.70. The molecule has 0 atom stereocenters. The summed E-state index contributed by atoms with van der Waals surface area (Å²) in [5.41, 5.74) is 2.50. The molecule has 144 valence electrons. The van der Waals surface area contributed by atoms with Crippen LogP contribution >= 0.6 is 0 Å². The van der Waals surface area contributed by atoms with E-state index in [2.05, 4.69) is 30.2 Å². The second-order valence-electron chi connectivity index (χ2n) is 5.22. The number of anilines is 1. The second-order valence-corrected chi connectivity index (χ2v) is 5.22. The van der Waals surface area contributed by atoms with Crippen molar-refractivity contribution in [2.24, 2.45) is 5.10 Å². The number of rotatable bonds is 5. The molecule has 0 aliphatic carbocycles. The van der Waals surface area contributed by atoms with Crippen LogP contribution in [0, 0.1) is 11.6 Å². The normalized spacial score (nSPS) is 11.6. The third kappa shape index (κ3) is 4.96. The molecule has 0 unspecified atom stereocenters. The number of hydrazone groups is 1. The summed E-state index contributed by atoms with van der Waals surface area (Å²) in [4.78, 5) is 11.4. The highest BCUT2D eigenvalue weighted by Crippen LogP contribution is 2.23. The summed E-state index contributed by atoms with van der Waals surface area (Å²) in [6.45, 7) is 0. The molecule has 1 heterocycles. The molecular formula is C17H10F5N5O. The Labute approximate surface area is 154 Å². The van der Waals surface area contributed by atoms with Gasteiger partial charge in [0, 0.05) is 0 Å². The zero-order chi connectivity index (χ0) is 20.1. The van der Waals surface area contributed by atoms with Crippen LogP contribution in [0.3, 0.4) is 0 Å². The van der Waals surface area contributed by atoms with Crippen LogP contribution in [0.15, 0.2) is 53.9 Å². The van der Waals surface area contributed by atoms with Crippen molar-refractivity contribution in [1.29, 1.82) is 0 Å². The molecule has 0 fully saturated rings. The van der Waals surface area contributed by atoms with Crippen molar-refractivity contribution in [3.8, 4) is 17.1 Å². The Kier molecular flexibility index (Phi) is 5.43. The van der Waals surface area contributed by atoms with Gasteiger partial charge in [-0.1, -0.05) is 6.07 Å². The van der Waals surface area contributed by atoms with Gasteiger partial charge in [0.15, 0.2) is 5.82 Å². The van der Waals surface area contributed by atoms with E-state index >= 15 is 0 Å². The lowest BCUT2D eigenvalue weighted by Crippen LogP contribution is -2.17. The molecule has 0 saturated heterocycles. The van der Waals surface area contributed by atoms with E-state index in [0.29, 0.717) is 5.56 Å². The highest BCUT2D eigenvalue weighted by atomic mass is 19.4. The fraction of sp³-hybridized carbons (Fsp3) is 0.0588. The molecule has 3 rings (SSSR count). The van der Waals surface area contributed by atoms with Crippen molar-refractivity contribution < 1.29 is 26.7 Å². The van der Waals surface area contributed by atoms with Gasteiger partial charge < -0.3 is 4.74 Å². The number of aromatic nitrogens is 3. The average Bonchev–Trinajstić information content (AvgIpc) is 2.62. The third-order valence-corrected chi connectivity index (χ3v) is 3.25. The van der Waals surface area contributed by atoms with Gasteiger partial charge in [0.05, 0.1) is 11.8 Å². The molecule has 11 heteroatoms. The predicted molar refractivity (Wildman–Crippen MR) is 89.5 cm³/mol. The maximum atomic E-state index is 13.8. The van der Waals surface area contributed by atoms with E-state index in [4.69, 9.17) is 0 Å². The van der Waals surface area contributed by atoms with Crippen molar-refractivity contribution in [2.45, 2.75) is 6.36 Å². The number of halogens is 5. The molecule has 1 N–H and O–H groups in total. The molecule has 0 radical (unpaired) electrons. The maximum Gasteiger partial charge on any atom is 0.573 e. The van der Waals surface area contributed by atoms with E-state index in [0.717, 1.165) is 30.6 Å². The Morgan fingerprint density at radius 3 is 2.29 bits per heavy atom. The number of hydrogen-bond acceptors (Lipinski definition) is 6. The minimum Gasteiger partial charge on any atom is -0.406 e. The first-order chi connectivity index (χ1) is 13.3. The van der Waals surface area contributed by atoms with Crippen LogP contribution in [0.4, 0.5) is 27.9 Å². The Hall–Kier alpha value is -3.63. The van der Waals surface area contributed by atoms with Gasteiger partial charge in [-0.05, 0) is 42.0 Å². The zero-order valence-electron chi connectivity index (χ0n) is 13.8. The van der Waals surface area contributed by atoms with E-state index in [-0.39, 0.29) is 17.5 Å². The summed E-state index contributed by atoms with van der Waals surface area (Å²) in [6.07, 6.45) is -2.44. The van der Waals surface area contributed by atoms with Gasteiger partial charge in [-0.15, -0.1) is 13.2 Å². The molecule has 28 heavy (non-hydrogen) atoms. The van der Waals surface area contributed by atoms with Gasteiger partial charge in [0.25, 0.3) is 0 Å². The fourth-order valence-corrected chi connectivity index (χ4v) is 2.10. The number of nitrogens with zero attached hydrogens (tertiary/aromatic N) is 4. The fourth-order valence-electron chi connectivity index (χ4n) is 2.10. The number of nitrogens with one attached hydrogen (secondary N) is 1. The van der Waals surface area contributed by atoms with Gasteiger partial charge in [0.1, 0.15) is 23.7 Å². The summed E-state index contributed by atoms with van der Waals surface area (Å²) in [6, 6.07) is 8.29. The SMILES string of the molecule is Fc1cccc(F)c1-c1ncnc(NN=Cc2ccc(OC(F)(F)F)cc2)n1. The lowest BCUT2D eigenvalue weighted by atomic mass is 10.2. The van der Waals surface area contributed by atoms with Gasteiger partial charge in [-0.2, -0.15) is 15.1 Å². The molecule has 3 aromatic rings. The van der Waals surface area contributed by atoms with Crippen LogP contribution in [-0.2, 0) is 0 Å². The Morgan fingerprint density at radius 1 is 0.964 bits per heavy atom. The number of alkyl halides is 3. The van der Waals surface area contributed by atoms with Crippen LogP contribution in [-0.4, -0.2) is 27.5 Å². The van der Waals surface area contributed by atoms with E-state index < -0.39 is 23.6 Å². The van der Waals surface area contributed by atoms with Crippen molar-refractivity contribution in [3.05, 3.63) is 66.0 Å². The lowest BCUT2D eigenvalue weighted by Gasteiger charge is -2.08. The van der Waals surface area contributed by atoms with E-state index in [9.17, 15) is 22.0 Å². The lowest BCUT2D eigenvalue weighted by molar-refractivity contribution is -0.274. The average molecular weight is 395 g/mol. The van der Waals surface area contributed by atoms with Crippen LogP contribution in [0.2, 0.25) is 0 Å². The Morgan fingerprint density at radius 2 is 1.64 bits per heavy atom. The second kappa shape index (κ2) is 7.94. The smallest absolute Gasteiger partial charge is 0.406 e. The van der Waals surface area contributed by atoms with E-state index in [1.165, 1.54) is 24.4 Å². The van der Waals surface area contributed by atoms with Crippen LogP contribution in [0.25, 0.3) is 11.4 Å². The van der Waals surface area contributed by atoms with Crippen molar-refractivity contribution in [1.82, 2.24) is 15.0 Å². The van der Waals surface area contributed by atoms with Gasteiger partial charge in [-0.3, -0.25) is 0 Å². The summed E-state index contributed by atoms with van der Waals surface area (Å²) < 4.78 is 67.7. The van der Waals surface area contributed by atoms with Gasteiger partial charge in [-0.25, -0.2) is 19.2 Å². The molecule has 0 aliphatic rings. The van der Waals surface area contributed by atoms with E-state index in [1.807, 2.05) is 0 Å². The molecule has 0 aliphatic heterocycles. The van der Waals surface area contributed by atoms with Gasteiger partial charge in [0.2, 0.25) is 5.95 Å². The molecule has 0 saturated carbocycles. The summed E-state index contributed by atoms with van der Waals surface area (Å²) in [7, 11) is 0. The van der Waals surface area contributed by atoms with Crippen LogP contribution in [0.5, 0.6) is 5.75 Å². The largest absolute Gasteiger partial charge is 0.573 e. The highest BCUT2D eigenvalue weighted by molar-refractivity contribution is 5.80. The molecule has 0 spiro atoms. The Bertz CT molecular complexity index is 972. The standard InChI is InChI=1S/C17H10F5N5O/c18-12-2-1-3-13(19)14(12)15-23-9-24-16(26-15)27-25-8-10-4-6-11(7-5-10)28-17(20,21)22/h1-9H,(H,23,24,26,27). The van der Waals surface area contributed by atoms with Crippen LogP contribution < -0.4 is 10.2 Å². The van der Waals surface area contributed by atoms with Gasteiger partial charge >= 0.3 is 6.36 Å². The van der Waals surface area contributed by atoms with E-state index in [1.54, 1.807) is 0 Å². The monoisotopic (exact) mass is 395 g/mol. The quantitative estimate of drug-likeness (QED) is 0.399.